The summed E-state index contributed by atoms with van der Waals surface area (Å²) >= 11 is 14.8. The van der Waals surface area contributed by atoms with E-state index in [1.165, 1.54) is 22.8 Å². The highest BCUT2D eigenvalue weighted by Crippen LogP contribution is 2.70. The van der Waals surface area contributed by atoms with Crippen molar-refractivity contribution < 1.29 is 9.09 Å². The van der Waals surface area contributed by atoms with E-state index < -0.39 is 5.77 Å². The third-order valence-corrected chi connectivity index (χ3v) is 9.96. The summed E-state index contributed by atoms with van der Waals surface area (Å²) in [7, 11) is 0. The van der Waals surface area contributed by atoms with E-state index in [1.54, 1.807) is 18.2 Å². The quantitative estimate of drug-likeness (QED) is 0.369. The van der Waals surface area contributed by atoms with Crippen molar-refractivity contribution in [2.45, 2.75) is 20.3 Å². The minimum Gasteiger partial charge on any atom is -0.426 e. The Hall–Kier alpha value is 0.270. The molecule has 0 aromatic heterocycles. The fraction of sp³-hybridized carbons (Fsp3) is 0.385. The SMILES string of the molecule is C=CCSP(=O)(Oc1c(Cl)cc(C)cc1Cl)SCCC. The van der Waals surface area contributed by atoms with Crippen molar-refractivity contribution in [3.8, 4) is 5.75 Å². The Kier molecular flexibility index (Phi) is 7.92. The highest BCUT2D eigenvalue weighted by Gasteiger charge is 2.28. The van der Waals surface area contributed by atoms with Crippen molar-refractivity contribution in [1.82, 2.24) is 0 Å². The van der Waals surface area contributed by atoms with Crippen LogP contribution >= 0.6 is 51.7 Å². The lowest BCUT2D eigenvalue weighted by Gasteiger charge is -2.19. The Balaban J connectivity index is 3.00. The molecule has 1 atom stereocenters. The molecule has 0 saturated heterocycles. The second-order valence-corrected chi connectivity index (χ2v) is 12.3. The van der Waals surface area contributed by atoms with Gasteiger partial charge in [-0.1, -0.05) is 36.2 Å². The number of benzene rings is 1. The molecule has 0 N–H and O–H groups in total. The second kappa shape index (κ2) is 8.65. The Morgan fingerprint density at radius 3 is 2.45 bits per heavy atom. The largest absolute Gasteiger partial charge is 0.426 e. The monoisotopic (exact) mass is 370 g/mol. The fourth-order valence-electron chi connectivity index (χ4n) is 1.32. The fourth-order valence-corrected chi connectivity index (χ4v) is 8.36. The average Bonchev–Trinajstić information content (AvgIpc) is 2.39. The number of hydrogen-bond acceptors (Lipinski definition) is 4. The van der Waals surface area contributed by atoms with Crippen LogP contribution in [0.25, 0.3) is 0 Å². The van der Waals surface area contributed by atoms with Crippen LogP contribution in [-0.4, -0.2) is 11.5 Å². The molecule has 0 aliphatic heterocycles. The topological polar surface area (TPSA) is 26.3 Å². The van der Waals surface area contributed by atoms with Crippen LogP contribution in [0.4, 0.5) is 0 Å². The molecule has 1 aromatic carbocycles. The van der Waals surface area contributed by atoms with Crippen molar-refractivity contribution in [2.24, 2.45) is 0 Å². The van der Waals surface area contributed by atoms with Gasteiger partial charge in [-0.3, -0.25) is 4.57 Å². The summed E-state index contributed by atoms with van der Waals surface area (Å²) < 4.78 is 18.5. The summed E-state index contributed by atoms with van der Waals surface area (Å²) in [5.41, 5.74) is 0.933. The lowest BCUT2D eigenvalue weighted by molar-refractivity contribution is 0.515. The molecule has 2 nitrogen and oxygen atoms in total. The first-order chi connectivity index (χ1) is 9.41. The zero-order chi connectivity index (χ0) is 15.2. The summed E-state index contributed by atoms with van der Waals surface area (Å²) in [6.45, 7) is 7.56. The molecule has 0 fully saturated rings. The third kappa shape index (κ3) is 5.57. The molecule has 7 heteroatoms. The van der Waals surface area contributed by atoms with Gasteiger partial charge < -0.3 is 4.52 Å². The predicted molar refractivity (Wildman–Crippen MR) is 94.8 cm³/mol. The van der Waals surface area contributed by atoms with Crippen LogP contribution in [-0.2, 0) is 4.57 Å². The predicted octanol–water partition coefficient (Wildman–Crippen LogP) is 6.85. The van der Waals surface area contributed by atoms with Crippen molar-refractivity contribution in [3.05, 3.63) is 40.4 Å². The van der Waals surface area contributed by atoms with Gasteiger partial charge in [0.1, 0.15) is 0 Å². The van der Waals surface area contributed by atoms with Gasteiger partial charge in [-0.05, 0) is 53.8 Å². The van der Waals surface area contributed by atoms with Gasteiger partial charge in [0.15, 0.2) is 5.75 Å². The molecule has 1 rings (SSSR count). The number of halogens is 2. The Morgan fingerprint density at radius 1 is 1.35 bits per heavy atom. The molecule has 0 aliphatic carbocycles. The van der Waals surface area contributed by atoms with E-state index in [9.17, 15) is 4.57 Å². The molecular formula is C13H17Cl2O2PS2. The zero-order valence-corrected chi connectivity index (χ0v) is 15.4. The van der Waals surface area contributed by atoms with Crippen LogP contribution in [0.3, 0.4) is 0 Å². The summed E-state index contributed by atoms with van der Waals surface area (Å²) in [6, 6.07) is 3.49. The van der Waals surface area contributed by atoms with E-state index in [1.807, 2.05) is 13.8 Å². The minimum absolute atomic E-state index is 0.294. The molecule has 0 spiro atoms. The van der Waals surface area contributed by atoms with Gasteiger partial charge in [-0.25, -0.2) is 0 Å². The smallest absolute Gasteiger partial charge is 0.360 e. The molecule has 112 valence electrons. The van der Waals surface area contributed by atoms with Crippen LogP contribution < -0.4 is 4.52 Å². The Bertz CT molecular complexity index is 500. The maximum absolute atomic E-state index is 12.8. The normalized spacial score (nSPS) is 13.8. The van der Waals surface area contributed by atoms with Crippen molar-refractivity contribution in [2.75, 3.05) is 11.5 Å². The van der Waals surface area contributed by atoms with Gasteiger partial charge >= 0.3 is 5.77 Å². The zero-order valence-electron chi connectivity index (χ0n) is 11.4. The van der Waals surface area contributed by atoms with Crippen molar-refractivity contribution in [3.63, 3.8) is 0 Å². The summed E-state index contributed by atoms with van der Waals surface area (Å²) in [6.07, 6.45) is 2.62. The van der Waals surface area contributed by atoms with Crippen LogP contribution in [0.2, 0.25) is 10.0 Å². The highest BCUT2D eigenvalue weighted by molar-refractivity contribution is 8.89. The van der Waals surface area contributed by atoms with E-state index in [-0.39, 0.29) is 0 Å². The standard InChI is InChI=1S/C13H17Cl2O2PS2/c1-4-6-19-18(16,20-7-5-2)17-13-11(14)8-10(3)9-12(13)15/h4,8-9H,1,5-7H2,2-3H3. The van der Waals surface area contributed by atoms with Gasteiger partial charge in [-0.2, -0.15) is 0 Å². The molecule has 1 aromatic rings. The van der Waals surface area contributed by atoms with E-state index in [4.69, 9.17) is 27.7 Å². The summed E-state index contributed by atoms with van der Waals surface area (Å²) in [4.78, 5) is 0. The number of rotatable bonds is 8. The maximum atomic E-state index is 12.8. The minimum atomic E-state index is -2.95. The molecule has 0 aliphatic rings. The molecule has 0 amide bonds. The third-order valence-electron chi connectivity index (χ3n) is 2.15. The summed E-state index contributed by atoms with van der Waals surface area (Å²) in [5, 5.41) is 0.762. The molecule has 0 bridgehead atoms. The number of aryl methyl sites for hydroxylation is 1. The molecule has 1 unspecified atom stereocenters. The van der Waals surface area contributed by atoms with E-state index in [2.05, 4.69) is 6.58 Å². The second-order valence-electron chi connectivity index (χ2n) is 4.01. The molecule has 0 radical (unpaired) electrons. The van der Waals surface area contributed by atoms with Crippen LogP contribution in [0.5, 0.6) is 5.75 Å². The molecule has 0 saturated carbocycles. The van der Waals surface area contributed by atoms with Crippen LogP contribution in [0.1, 0.15) is 18.9 Å². The first kappa shape index (κ1) is 18.3. The van der Waals surface area contributed by atoms with Crippen LogP contribution in [0, 0.1) is 6.92 Å². The van der Waals surface area contributed by atoms with E-state index in [0.29, 0.717) is 21.5 Å². The summed E-state index contributed by atoms with van der Waals surface area (Å²) in [5.74, 6) is -1.35. The average molecular weight is 371 g/mol. The van der Waals surface area contributed by atoms with Gasteiger partial charge in [0.25, 0.3) is 0 Å². The molecule has 20 heavy (non-hydrogen) atoms. The van der Waals surface area contributed by atoms with Gasteiger partial charge in [0.05, 0.1) is 10.0 Å². The highest BCUT2D eigenvalue weighted by atomic mass is 35.5. The van der Waals surface area contributed by atoms with Crippen molar-refractivity contribution >= 4 is 51.7 Å². The first-order valence-corrected chi connectivity index (χ1v) is 11.6. The van der Waals surface area contributed by atoms with E-state index >= 15 is 0 Å². The van der Waals surface area contributed by atoms with Gasteiger partial charge in [0, 0.05) is 11.5 Å². The first-order valence-electron chi connectivity index (χ1n) is 6.07. The van der Waals surface area contributed by atoms with Crippen molar-refractivity contribution in [1.29, 1.82) is 0 Å². The maximum Gasteiger partial charge on any atom is 0.360 e. The molecule has 0 heterocycles. The van der Waals surface area contributed by atoms with Crippen LogP contribution in [0.15, 0.2) is 24.8 Å². The van der Waals surface area contributed by atoms with E-state index in [0.717, 1.165) is 17.7 Å². The van der Waals surface area contributed by atoms with Gasteiger partial charge in [0.2, 0.25) is 0 Å². The Morgan fingerprint density at radius 2 is 1.95 bits per heavy atom. The lowest BCUT2D eigenvalue weighted by Crippen LogP contribution is -1.91. The Labute approximate surface area is 138 Å². The molecular weight excluding hydrogens is 354 g/mol. The number of hydrogen-bond donors (Lipinski definition) is 0. The lowest BCUT2D eigenvalue weighted by atomic mass is 10.2. The van der Waals surface area contributed by atoms with Gasteiger partial charge in [-0.15, -0.1) is 6.58 Å².